The van der Waals surface area contributed by atoms with Gasteiger partial charge in [0, 0.05) is 22.2 Å². The summed E-state index contributed by atoms with van der Waals surface area (Å²) in [5, 5.41) is 8.88. The number of rotatable bonds is 3. The van der Waals surface area contributed by atoms with Crippen LogP contribution in [0.15, 0.2) is 120 Å². The van der Waals surface area contributed by atoms with Gasteiger partial charge in [-0.1, -0.05) is 90.5 Å². The molecule has 0 saturated heterocycles. The minimum atomic E-state index is 0.109. The zero-order chi connectivity index (χ0) is 20.8. The highest BCUT2D eigenvalue weighted by atomic mass is 35.5. The van der Waals surface area contributed by atoms with Gasteiger partial charge < -0.3 is 5.32 Å². The molecular weight excluding hydrogens is 400 g/mol. The average Bonchev–Trinajstić information content (AvgIpc) is 3.20. The molecule has 1 aliphatic carbocycles. The van der Waals surface area contributed by atoms with Gasteiger partial charge in [0.2, 0.25) is 0 Å². The van der Waals surface area contributed by atoms with E-state index in [-0.39, 0.29) is 5.92 Å². The summed E-state index contributed by atoms with van der Waals surface area (Å²) in [6.07, 6.45) is 4.41. The maximum absolute atomic E-state index is 6.41. The highest BCUT2D eigenvalue weighted by Gasteiger charge is 2.27. The lowest BCUT2D eigenvalue weighted by molar-refractivity contribution is 1.05. The summed E-state index contributed by atoms with van der Waals surface area (Å²) in [6, 6.07) is 31.3. The third-order valence-electron chi connectivity index (χ3n) is 5.96. The van der Waals surface area contributed by atoms with E-state index in [1.54, 1.807) is 0 Å². The molecular formula is C28H19ClN2. The van der Waals surface area contributed by atoms with Gasteiger partial charge >= 0.3 is 0 Å². The Kier molecular flexibility index (Phi) is 4.26. The van der Waals surface area contributed by atoms with Crippen LogP contribution >= 0.6 is 11.6 Å². The first-order chi connectivity index (χ1) is 15.3. The molecule has 0 fully saturated rings. The van der Waals surface area contributed by atoms with Gasteiger partial charge in [0.15, 0.2) is 0 Å². The van der Waals surface area contributed by atoms with Crippen molar-refractivity contribution in [2.24, 2.45) is 4.99 Å². The first-order valence-corrected chi connectivity index (χ1v) is 10.8. The number of hydrogen-bond acceptors (Lipinski definition) is 2. The van der Waals surface area contributed by atoms with Gasteiger partial charge in [0.1, 0.15) is 0 Å². The molecule has 4 aromatic carbocycles. The highest BCUT2D eigenvalue weighted by molar-refractivity contribution is 6.33. The molecule has 0 spiro atoms. The van der Waals surface area contributed by atoms with Gasteiger partial charge in [-0.05, 0) is 40.8 Å². The zero-order valence-corrected chi connectivity index (χ0v) is 17.5. The lowest BCUT2D eigenvalue weighted by Gasteiger charge is -2.23. The number of benzene rings is 4. The van der Waals surface area contributed by atoms with E-state index >= 15 is 0 Å². The largest absolute Gasteiger partial charge is 0.354 e. The van der Waals surface area contributed by atoms with E-state index < -0.39 is 0 Å². The minimum absolute atomic E-state index is 0.109. The Morgan fingerprint density at radius 3 is 2.42 bits per heavy atom. The van der Waals surface area contributed by atoms with Crippen LogP contribution < -0.4 is 15.9 Å². The van der Waals surface area contributed by atoms with E-state index in [2.05, 4.69) is 84.2 Å². The van der Waals surface area contributed by atoms with E-state index in [0.29, 0.717) is 5.02 Å². The summed E-state index contributed by atoms with van der Waals surface area (Å²) in [5.41, 5.74) is 5.41. The molecule has 0 bridgehead atoms. The van der Waals surface area contributed by atoms with Crippen molar-refractivity contribution < 1.29 is 0 Å². The molecule has 1 heterocycles. The maximum atomic E-state index is 6.41. The van der Waals surface area contributed by atoms with Crippen molar-refractivity contribution in [2.45, 2.75) is 5.92 Å². The van der Waals surface area contributed by atoms with E-state index in [1.165, 1.54) is 27.1 Å². The van der Waals surface area contributed by atoms with E-state index in [9.17, 15) is 0 Å². The van der Waals surface area contributed by atoms with Crippen LogP contribution in [0, 0.1) is 0 Å². The smallest absolute Gasteiger partial charge is 0.0791 e. The van der Waals surface area contributed by atoms with Crippen molar-refractivity contribution >= 4 is 33.6 Å². The van der Waals surface area contributed by atoms with Crippen LogP contribution in [0.5, 0.6) is 0 Å². The Morgan fingerprint density at radius 2 is 1.55 bits per heavy atom. The fourth-order valence-corrected chi connectivity index (χ4v) is 4.71. The molecule has 1 N–H and O–H groups in total. The molecule has 1 atom stereocenters. The van der Waals surface area contributed by atoms with Gasteiger partial charge in [-0.2, -0.15) is 0 Å². The van der Waals surface area contributed by atoms with Crippen LogP contribution in [-0.4, -0.2) is 0 Å². The lowest BCUT2D eigenvalue weighted by Crippen LogP contribution is -2.25. The average molecular weight is 419 g/mol. The third kappa shape index (κ3) is 3.08. The molecule has 0 amide bonds. The molecule has 148 valence electrons. The summed E-state index contributed by atoms with van der Waals surface area (Å²) in [4.78, 5) is 5.10. The van der Waals surface area contributed by atoms with Crippen LogP contribution in [0.25, 0.3) is 16.3 Å². The number of para-hydroxylation sites is 1. The van der Waals surface area contributed by atoms with Crippen LogP contribution in [-0.2, 0) is 0 Å². The number of anilines is 1. The molecule has 1 unspecified atom stereocenters. The van der Waals surface area contributed by atoms with E-state index in [1.807, 2.05) is 24.3 Å². The standard InChI is InChI=1S/C28H19ClN2/c29-24-12-6-7-13-25(24)30-20-16-23(18-8-2-1-3-9-18)27-22-15-14-19-10-4-5-11-21(19)28(22)31-26(27)17-20/h1-17,23,30H. The van der Waals surface area contributed by atoms with Crippen LogP contribution in [0.1, 0.15) is 11.5 Å². The molecule has 0 radical (unpaired) electrons. The number of allylic oxidation sites excluding steroid dienone is 3. The van der Waals surface area contributed by atoms with Crippen molar-refractivity contribution in [3.8, 4) is 0 Å². The first kappa shape index (κ1) is 18.2. The molecule has 0 aromatic heterocycles. The van der Waals surface area contributed by atoms with Gasteiger partial charge in [0.05, 0.1) is 21.8 Å². The highest BCUT2D eigenvalue weighted by Crippen LogP contribution is 2.39. The van der Waals surface area contributed by atoms with Crippen LogP contribution in [0.2, 0.25) is 5.02 Å². The molecule has 6 rings (SSSR count). The van der Waals surface area contributed by atoms with Crippen molar-refractivity contribution in [3.05, 3.63) is 136 Å². The Morgan fingerprint density at radius 1 is 0.774 bits per heavy atom. The van der Waals surface area contributed by atoms with Gasteiger partial charge in [-0.25, -0.2) is 4.99 Å². The second kappa shape index (κ2) is 7.26. The van der Waals surface area contributed by atoms with Crippen molar-refractivity contribution in [2.75, 3.05) is 5.32 Å². The predicted octanol–water partition coefficient (Wildman–Crippen LogP) is 5.95. The van der Waals surface area contributed by atoms with Crippen molar-refractivity contribution in [3.63, 3.8) is 0 Å². The molecule has 2 nitrogen and oxygen atoms in total. The summed E-state index contributed by atoms with van der Waals surface area (Å²) in [7, 11) is 0. The summed E-state index contributed by atoms with van der Waals surface area (Å²) >= 11 is 6.41. The number of halogens is 1. The fraction of sp³-hybridized carbons (Fsp3) is 0.0357. The second-order valence-electron chi connectivity index (χ2n) is 7.85. The molecule has 1 aliphatic heterocycles. The first-order valence-electron chi connectivity index (χ1n) is 10.4. The van der Waals surface area contributed by atoms with Gasteiger partial charge in [0.25, 0.3) is 0 Å². The summed E-state index contributed by atoms with van der Waals surface area (Å²) < 4.78 is 0. The Labute approximate surface area is 185 Å². The molecule has 0 saturated carbocycles. The number of nitrogens with one attached hydrogen (secondary N) is 1. The third-order valence-corrected chi connectivity index (χ3v) is 6.29. The van der Waals surface area contributed by atoms with Gasteiger partial charge in [-0.3, -0.25) is 0 Å². The van der Waals surface area contributed by atoms with Crippen molar-refractivity contribution in [1.82, 2.24) is 0 Å². The molecule has 4 aromatic rings. The number of hydrogen-bond donors (Lipinski definition) is 1. The predicted molar refractivity (Wildman–Crippen MR) is 129 cm³/mol. The van der Waals surface area contributed by atoms with Gasteiger partial charge in [-0.15, -0.1) is 0 Å². The normalized spacial score (nSPS) is 16.8. The summed E-state index contributed by atoms with van der Waals surface area (Å²) in [6.45, 7) is 0. The SMILES string of the molecule is Clc1ccccc1NC1=CC(c2ccccc2)C2=c3ccc4ccccc4c3=NC2=C1. The molecule has 3 heteroatoms. The topological polar surface area (TPSA) is 24.4 Å². The second-order valence-corrected chi connectivity index (χ2v) is 8.26. The Balaban J connectivity index is 1.58. The minimum Gasteiger partial charge on any atom is -0.354 e. The number of fused-ring (bicyclic) bond motifs is 4. The zero-order valence-electron chi connectivity index (χ0n) is 16.7. The molecule has 31 heavy (non-hydrogen) atoms. The number of nitrogens with zero attached hydrogens (tertiary/aromatic N) is 1. The Bertz CT molecular complexity index is 1510. The lowest BCUT2D eigenvalue weighted by atomic mass is 9.84. The van der Waals surface area contributed by atoms with E-state index in [4.69, 9.17) is 16.6 Å². The molecule has 2 aliphatic rings. The monoisotopic (exact) mass is 418 g/mol. The van der Waals surface area contributed by atoms with Crippen LogP contribution in [0.4, 0.5) is 5.69 Å². The quantitative estimate of drug-likeness (QED) is 0.436. The van der Waals surface area contributed by atoms with Crippen LogP contribution in [0.3, 0.4) is 0 Å². The summed E-state index contributed by atoms with van der Waals surface area (Å²) in [5.74, 6) is 0.109. The maximum Gasteiger partial charge on any atom is 0.0791 e. The van der Waals surface area contributed by atoms with E-state index in [0.717, 1.165) is 22.4 Å². The fourth-order valence-electron chi connectivity index (χ4n) is 4.53. The van der Waals surface area contributed by atoms with Crippen molar-refractivity contribution in [1.29, 1.82) is 0 Å². The Hall–Kier alpha value is -3.62.